The fraction of sp³-hybridized carbons (Fsp3) is 0.889. The molecule has 3 nitrogen and oxygen atoms in total. The standard InChI is InChI=1S/C9H18N2OS.ClH/c1-7(6-10)11(2)9(12)8-4-3-5-13-8;/h7-8H,3-6,10H2,1-2H3;1H. The van der Waals surface area contributed by atoms with Crippen LogP contribution in [0.3, 0.4) is 0 Å². The maximum absolute atomic E-state index is 11.8. The van der Waals surface area contributed by atoms with E-state index in [4.69, 9.17) is 5.73 Å². The van der Waals surface area contributed by atoms with Crippen molar-refractivity contribution in [1.82, 2.24) is 4.90 Å². The first kappa shape index (κ1) is 14.1. The highest BCUT2D eigenvalue weighted by Gasteiger charge is 2.27. The summed E-state index contributed by atoms with van der Waals surface area (Å²) < 4.78 is 0. The molecule has 1 heterocycles. The Balaban J connectivity index is 0.00000169. The van der Waals surface area contributed by atoms with Crippen LogP contribution in [0.5, 0.6) is 0 Å². The van der Waals surface area contributed by atoms with Gasteiger partial charge in [0.15, 0.2) is 0 Å². The topological polar surface area (TPSA) is 46.3 Å². The van der Waals surface area contributed by atoms with Gasteiger partial charge in [0.25, 0.3) is 0 Å². The lowest BCUT2D eigenvalue weighted by Gasteiger charge is -2.26. The van der Waals surface area contributed by atoms with E-state index in [0.29, 0.717) is 6.54 Å². The van der Waals surface area contributed by atoms with E-state index < -0.39 is 0 Å². The number of hydrogen-bond acceptors (Lipinski definition) is 3. The van der Waals surface area contributed by atoms with Crippen molar-refractivity contribution >= 4 is 30.1 Å². The number of nitrogens with zero attached hydrogens (tertiary/aromatic N) is 1. The molecule has 0 aliphatic carbocycles. The zero-order valence-electron chi connectivity index (χ0n) is 8.73. The second kappa shape index (κ2) is 6.53. The molecule has 1 aliphatic heterocycles. The van der Waals surface area contributed by atoms with Crippen molar-refractivity contribution in [2.45, 2.75) is 31.1 Å². The maximum Gasteiger partial charge on any atom is 0.235 e. The van der Waals surface area contributed by atoms with E-state index in [9.17, 15) is 4.79 Å². The lowest BCUT2D eigenvalue weighted by atomic mass is 10.2. The van der Waals surface area contributed by atoms with Gasteiger partial charge in [0.05, 0.1) is 5.25 Å². The first-order chi connectivity index (χ1) is 6.16. The van der Waals surface area contributed by atoms with Crippen LogP contribution in [0.2, 0.25) is 0 Å². The Bertz CT molecular complexity index is 186. The normalized spacial score (nSPS) is 22.6. The molecule has 0 aromatic heterocycles. The predicted molar refractivity (Wildman–Crippen MR) is 64.0 cm³/mol. The molecule has 2 atom stereocenters. The summed E-state index contributed by atoms with van der Waals surface area (Å²) in [7, 11) is 1.85. The monoisotopic (exact) mass is 238 g/mol. The Kier molecular flexibility index (Phi) is 6.57. The van der Waals surface area contributed by atoms with Crippen LogP contribution >= 0.6 is 24.2 Å². The minimum atomic E-state index is 0. The Morgan fingerprint density at radius 2 is 2.36 bits per heavy atom. The van der Waals surface area contributed by atoms with Gasteiger partial charge >= 0.3 is 0 Å². The molecule has 0 bridgehead atoms. The Morgan fingerprint density at radius 1 is 1.71 bits per heavy atom. The average Bonchev–Trinajstić information content (AvgIpc) is 2.67. The van der Waals surface area contributed by atoms with Crippen LogP contribution in [0.25, 0.3) is 0 Å². The number of rotatable bonds is 3. The minimum Gasteiger partial charge on any atom is -0.341 e. The van der Waals surface area contributed by atoms with Gasteiger partial charge in [-0.15, -0.1) is 24.2 Å². The van der Waals surface area contributed by atoms with E-state index in [1.807, 2.05) is 14.0 Å². The molecule has 1 rings (SSSR count). The number of thioether (sulfide) groups is 1. The van der Waals surface area contributed by atoms with Crippen LogP contribution < -0.4 is 5.73 Å². The van der Waals surface area contributed by atoms with Crippen molar-refractivity contribution in [3.8, 4) is 0 Å². The summed E-state index contributed by atoms with van der Waals surface area (Å²) >= 11 is 1.77. The SMILES string of the molecule is CC(CN)N(C)C(=O)C1CCCS1.Cl. The molecule has 2 unspecified atom stereocenters. The molecule has 2 N–H and O–H groups in total. The highest BCUT2D eigenvalue weighted by molar-refractivity contribution is 8.00. The van der Waals surface area contributed by atoms with Crippen LogP contribution in [0.4, 0.5) is 0 Å². The van der Waals surface area contributed by atoms with Gasteiger partial charge < -0.3 is 10.6 Å². The van der Waals surface area contributed by atoms with E-state index in [1.165, 1.54) is 6.42 Å². The van der Waals surface area contributed by atoms with E-state index in [1.54, 1.807) is 16.7 Å². The van der Waals surface area contributed by atoms with Crippen LogP contribution in [0.15, 0.2) is 0 Å². The summed E-state index contributed by atoms with van der Waals surface area (Å²) in [5.74, 6) is 1.38. The van der Waals surface area contributed by atoms with E-state index >= 15 is 0 Å². The molecule has 1 aliphatic rings. The Labute approximate surface area is 96.2 Å². The average molecular weight is 239 g/mol. The van der Waals surface area contributed by atoms with Crippen molar-refractivity contribution in [2.75, 3.05) is 19.3 Å². The van der Waals surface area contributed by atoms with Gasteiger partial charge in [-0.1, -0.05) is 0 Å². The quantitative estimate of drug-likeness (QED) is 0.801. The molecule has 0 radical (unpaired) electrons. The largest absolute Gasteiger partial charge is 0.341 e. The summed E-state index contributed by atoms with van der Waals surface area (Å²) in [5.41, 5.74) is 5.51. The summed E-state index contributed by atoms with van der Waals surface area (Å²) in [4.78, 5) is 13.6. The minimum absolute atomic E-state index is 0. The van der Waals surface area contributed by atoms with Gasteiger partial charge in [0, 0.05) is 19.6 Å². The van der Waals surface area contributed by atoms with Crippen molar-refractivity contribution in [3.63, 3.8) is 0 Å². The van der Waals surface area contributed by atoms with Crippen LogP contribution in [-0.2, 0) is 4.79 Å². The molecule has 0 aromatic carbocycles. The first-order valence-corrected chi connectivity index (χ1v) is 5.80. The van der Waals surface area contributed by atoms with Gasteiger partial charge in [-0.05, 0) is 25.5 Å². The highest BCUT2D eigenvalue weighted by Crippen LogP contribution is 2.27. The van der Waals surface area contributed by atoms with Gasteiger partial charge in [-0.3, -0.25) is 4.79 Å². The molecule has 1 saturated heterocycles. The molecule has 0 aromatic rings. The molecule has 84 valence electrons. The van der Waals surface area contributed by atoms with E-state index in [-0.39, 0.29) is 29.6 Å². The number of carbonyl (C=O) groups is 1. The van der Waals surface area contributed by atoms with Crippen molar-refractivity contribution in [2.24, 2.45) is 5.73 Å². The fourth-order valence-electron chi connectivity index (χ4n) is 1.37. The summed E-state index contributed by atoms with van der Waals surface area (Å²) in [6.45, 7) is 2.52. The summed E-state index contributed by atoms with van der Waals surface area (Å²) in [6, 6.07) is 0.161. The second-order valence-corrected chi connectivity index (χ2v) is 4.85. The van der Waals surface area contributed by atoms with E-state index in [2.05, 4.69) is 0 Å². The maximum atomic E-state index is 11.8. The van der Waals surface area contributed by atoms with Crippen molar-refractivity contribution in [1.29, 1.82) is 0 Å². The lowest BCUT2D eigenvalue weighted by molar-refractivity contribution is -0.130. The van der Waals surface area contributed by atoms with Crippen molar-refractivity contribution in [3.05, 3.63) is 0 Å². The first-order valence-electron chi connectivity index (χ1n) is 4.75. The zero-order valence-corrected chi connectivity index (χ0v) is 10.4. The lowest BCUT2D eigenvalue weighted by Crippen LogP contribution is -2.43. The number of nitrogens with two attached hydrogens (primary N) is 1. The fourth-order valence-corrected chi connectivity index (χ4v) is 2.63. The molecular formula is C9H19ClN2OS. The molecular weight excluding hydrogens is 220 g/mol. The number of halogens is 1. The van der Waals surface area contributed by atoms with Gasteiger partial charge in [0.2, 0.25) is 5.91 Å². The molecule has 0 saturated carbocycles. The third-order valence-corrected chi connectivity index (χ3v) is 3.92. The molecule has 1 fully saturated rings. The predicted octanol–water partition coefficient (Wildman–Crippen LogP) is 1.11. The number of hydrogen-bond donors (Lipinski definition) is 1. The van der Waals surface area contributed by atoms with Gasteiger partial charge in [0.1, 0.15) is 0 Å². The third kappa shape index (κ3) is 3.33. The molecule has 14 heavy (non-hydrogen) atoms. The number of amides is 1. The van der Waals surface area contributed by atoms with Crippen LogP contribution in [-0.4, -0.2) is 41.4 Å². The van der Waals surface area contributed by atoms with Gasteiger partial charge in [-0.2, -0.15) is 0 Å². The third-order valence-electron chi connectivity index (χ3n) is 2.56. The smallest absolute Gasteiger partial charge is 0.235 e. The molecule has 5 heteroatoms. The molecule has 0 spiro atoms. The molecule has 1 amide bonds. The zero-order chi connectivity index (χ0) is 9.84. The summed E-state index contributed by atoms with van der Waals surface area (Å²) in [5, 5.41) is 0.194. The highest BCUT2D eigenvalue weighted by atomic mass is 35.5. The van der Waals surface area contributed by atoms with Gasteiger partial charge in [-0.25, -0.2) is 0 Å². The number of likely N-dealkylation sites (N-methyl/N-ethyl adjacent to an activating group) is 1. The van der Waals surface area contributed by atoms with Crippen LogP contribution in [0, 0.1) is 0 Å². The second-order valence-electron chi connectivity index (χ2n) is 3.54. The summed E-state index contributed by atoms with van der Waals surface area (Å²) in [6.07, 6.45) is 2.21. The van der Waals surface area contributed by atoms with Crippen molar-refractivity contribution < 1.29 is 4.79 Å². The van der Waals surface area contributed by atoms with Crippen LogP contribution in [0.1, 0.15) is 19.8 Å². The Hall–Kier alpha value is 0.0700. The number of carbonyl (C=O) groups excluding carboxylic acids is 1. The van der Waals surface area contributed by atoms with E-state index in [0.717, 1.165) is 12.2 Å². The Morgan fingerprint density at radius 3 is 2.79 bits per heavy atom.